The summed E-state index contributed by atoms with van der Waals surface area (Å²) >= 11 is 0. The van der Waals surface area contributed by atoms with Crippen LogP contribution in [0.15, 0.2) is 67.0 Å². The van der Waals surface area contributed by atoms with Crippen molar-refractivity contribution in [1.82, 2.24) is 15.1 Å². The molecule has 8 heteroatoms. The van der Waals surface area contributed by atoms with Gasteiger partial charge in [-0.3, -0.25) is 14.9 Å². The molecule has 0 aliphatic rings. The SMILES string of the molecule is O=C(CCNc1ccccc1[N+](=O)[O-])NCc1cnn(-c2ccccc2)c1. The van der Waals surface area contributed by atoms with Crippen LogP contribution in [0, 0.1) is 10.1 Å². The molecule has 1 amide bonds. The number of aromatic nitrogens is 2. The molecule has 0 fully saturated rings. The number of amides is 1. The highest BCUT2D eigenvalue weighted by Gasteiger charge is 2.12. The molecule has 0 radical (unpaired) electrons. The molecule has 0 saturated heterocycles. The van der Waals surface area contributed by atoms with Crippen LogP contribution in [0.3, 0.4) is 0 Å². The maximum atomic E-state index is 12.0. The van der Waals surface area contributed by atoms with Crippen molar-refractivity contribution in [1.29, 1.82) is 0 Å². The number of anilines is 1. The first-order valence-electron chi connectivity index (χ1n) is 8.46. The van der Waals surface area contributed by atoms with Crippen LogP contribution >= 0.6 is 0 Å². The number of rotatable bonds is 8. The summed E-state index contributed by atoms with van der Waals surface area (Å²) in [4.78, 5) is 22.5. The lowest BCUT2D eigenvalue weighted by molar-refractivity contribution is -0.384. The molecule has 1 aromatic heterocycles. The second-order valence-electron chi connectivity index (χ2n) is 5.86. The predicted octanol–water partition coefficient (Wildman–Crippen LogP) is 2.90. The monoisotopic (exact) mass is 365 g/mol. The Morgan fingerprint density at radius 2 is 1.85 bits per heavy atom. The molecule has 2 aromatic carbocycles. The molecule has 0 aliphatic carbocycles. The third-order valence-electron chi connectivity index (χ3n) is 3.91. The van der Waals surface area contributed by atoms with Crippen molar-refractivity contribution in [3.05, 3.63) is 82.7 Å². The molecule has 0 spiro atoms. The van der Waals surface area contributed by atoms with Gasteiger partial charge in [0.25, 0.3) is 5.69 Å². The fourth-order valence-corrected chi connectivity index (χ4v) is 2.56. The number of carbonyl (C=O) groups excluding carboxylic acids is 1. The van der Waals surface area contributed by atoms with E-state index in [1.54, 1.807) is 29.1 Å². The van der Waals surface area contributed by atoms with E-state index in [-0.39, 0.29) is 18.0 Å². The molecule has 0 aliphatic heterocycles. The number of nitro groups is 1. The lowest BCUT2D eigenvalue weighted by Gasteiger charge is -2.07. The summed E-state index contributed by atoms with van der Waals surface area (Å²) in [5, 5.41) is 21.0. The molecule has 27 heavy (non-hydrogen) atoms. The van der Waals surface area contributed by atoms with Crippen molar-refractivity contribution < 1.29 is 9.72 Å². The number of carbonyl (C=O) groups is 1. The zero-order valence-electron chi connectivity index (χ0n) is 14.5. The van der Waals surface area contributed by atoms with E-state index in [0.29, 0.717) is 18.8 Å². The number of nitrogens with zero attached hydrogens (tertiary/aromatic N) is 3. The van der Waals surface area contributed by atoms with Crippen molar-refractivity contribution in [3.8, 4) is 5.69 Å². The van der Waals surface area contributed by atoms with Gasteiger partial charge < -0.3 is 10.6 Å². The van der Waals surface area contributed by atoms with E-state index in [2.05, 4.69) is 15.7 Å². The minimum Gasteiger partial charge on any atom is -0.379 e. The third-order valence-corrected chi connectivity index (χ3v) is 3.91. The molecule has 138 valence electrons. The van der Waals surface area contributed by atoms with Gasteiger partial charge in [0.1, 0.15) is 5.69 Å². The van der Waals surface area contributed by atoms with Crippen LogP contribution in [-0.2, 0) is 11.3 Å². The normalized spacial score (nSPS) is 10.4. The van der Waals surface area contributed by atoms with E-state index in [4.69, 9.17) is 0 Å². The van der Waals surface area contributed by atoms with Gasteiger partial charge in [-0.05, 0) is 18.2 Å². The Labute approximate surface area is 156 Å². The van der Waals surface area contributed by atoms with Gasteiger partial charge in [-0.25, -0.2) is 4.68 Å². The molecule has 8 nitrogen and oxygen atoms in total. The average molecular weight is 365 g/mol. The van der Waals surface area contributed by atoms with Gasteiger partial charge in [0.05, 0.1) is 16.8 Å². The van der Waals surface area contributed by atoms with Crippen molar-refractivity contribution >= 4 is 17.3 Å². The Bertz CT molecular complexity index is 924. The number of hydrogen-bond donors (Lipinski definition) is 2. The lowest BCUT2D eigenvalue weighted by atomic mass is 10.2. The molecule has 3 aromatic rings. The van der Waals surface area contributed by atoms with Gasteiger partial charge in [0.15, 0.2) is 0 Å². The molecule has 3 rings (SSSR count). The maximum Gasteiger partial charge on any atom is 0.292 e. The molecule has 0 unspecified atom stereocenters. The summed E-state index contributed by atoms with van der Waals surface area (Å²) in [6.07, 6.45) is 3.78. The lowest BCUT2D eigenvalue weighted by Crippen LogP contribution is -2.24. The summed E-state index contributed by atoms with van der Waals surface area (Å²) in [7, 11) is 0. The largest absolute Gasteiger partial charge is 0.379 e. The highest BCUT2D eigenvalue weighted by molar-refractivity contribution is 5.76. The Hall–Kier alpha value is -3.68. The van der Waals surface area contributed by atoms with Crippen molar-refractivity contribution in [2.45, 2.75) is 13.0 Å². The first kappa shape index (κ1) is 18.1. The second-order valence-corrected chi connectivity index (χ2v) is 5.86. The Morgan fingerprint density at radius 1 is 1.11 bits per heavy atom. The van der Waals surface area contributed by atoms with E-state index in [0.717, 1.165) is 11.3 Å². The van der Waals surface area contributed by atoms with E-state index in [1.165, 1.54) is 6.07 Å². The molecular formula is C19H19N5O3. The smallest absolute Gasteiger partial charge is 0.292 e. The van der Waals surface area contributed by atoms with Crippen molar-refractivity contribution in [2.75, 3.05) is 11.9 Å². The minimum atomic E-state index is -0.452. The van der Waals surface area contributed by atoms with Crippen LogP contribution < -0.4 is 10.6 Å². The summed E-state index contributed by atoms with van der Waals surface area (Å²) < 4.78 is 1.75. The van der Waals surface area contributed by atoms with E-state index in [9.17, 15) is 14.9 Å². The van der Waals surface area contributed by atoms with E-state index >= 15 is 0 Å². The summed E-state index contributed by atoms with van der Waals surface area (Å²) in [5.41, 5.74) is 2.23. The molecule has 0 bridgehead atoms. The van der Waals surface area contributed by atoms with Crippen LogP contribution in [-0.4, -0.2) is 27.2 Å². The van der Waals surface area contributed by atoms with E-state index in [1.807, 2.05) is 36.5 Å². The summed E-state index contributed by atoms with van der Waals surface area (Å²) in [6.45, 7) is 0.678. The second kappa shape index (κ2) is 8.61. The number of nitrogens with one attached hydrogen (secondary N) is 2. The Morgan fingerprint density at radius 3 is 2.63 bits per heavy atom. The zero-order chi connectivity index (χ0) is 19.1. The Balaban J connectivity index is 1.46. The molecule has 2 N–H and O–H groups in total. The number of hydrogen-bond acceptors (Lipinski definition) is 5. The van der Waals surface area contributed by atoms with Gasteiger partial charge in [-0.1, -0.05) is 30.3 Å². The van der Waals surface area contributed by atoms with Crippen LogP contribution in [0.2, 0.25) is 0 Å². The van der Waals surface area contributed by atoms with Crippen LogP contribution in [0.25, 0.3) is 5.69 Å². The summed E-state index contributed by atoms with van der Waals surface area (Å²) in [5.74, 6) is -0.145. The summed E-state index contributed by atoms with van der Waals surface area (Å²) in [6, 6.07) is 16.1. The van der Waals surface area contributed by atoms with Gasteiger partial charge in [-0.15, -0.1) is 0 Å². The molecule has 0 atom stereocenters. The molecule has 0 saturated carbocycles. The van der Waals surface area contributed by atoms with Gasteiger partial charge in [0.2, 0.25) is 5.91 Å². The fourth-order valence-electron chi connectivity index (χ4n) is 2.56. The quantitative estimate of drug-likeness (QED) is 0.472. The van der Waals surface area contributed by atoms with Gasteiger partial charge in [-0.2, -0.15) is 5.10 Å². The van der Waals surface area contributed by atoms with Gasteiger partial charge in [0, 0.05) is 37.3 Å². The number of benzene rings is 2. The molecular weight excluding hydrogens is 346 g/mol. The predicted molar refractivity (Wildman–Crippen MR) is 102 cm³/mol. The average Bonchev–Trinajstić information content (AvgIpc) is 3.16. The number of para-hydroxylation sites is 3. The topological polar surface area (TPSA) is 102 Å². The van der Waals surface area contributed by atoms with Crippen LogP contribution in [0.4, 0.5) is 11.4 Å². The van der Waals surface area contributed by atoms with Crippen LogP contribution in [0.5, 0.6) is 0 Å². The third kappa shape index (κ3) is 4.91. The maximum absolute atomic E-state index is 12.0. The van der Waals surface area contributed by atoms with Crippen molar-refractivity contribution in [2.24, 2.45) is 0 Å². The standard InChI is InChI=1S/C19H19N5O3/c25-19(10-11-20-17-8-4-5-9-18(17)24(26)27)21-12-15-13-22-23(14-15)16-6-2-1-3-7-16/h1-9,13-14,20H,10-12H2,(H,21,25). The molecule has 1 heterocycles. The highest BCUT2D eigenvalue weighted by Crippen LogP contribution is 2.22. The first-order valence-corrected chi connectivity index (χ1v) is 8.46. The minimum absolute atomic E-state index is 0.00812. The van der Waals surface area contributed by atoms with Crippen molar-refractivity contribution in [3.63, 3.8) is 0 Å². The zero-order valence-corrected chi connectivity index (χ0v) is 14.5. The van der Waals surface area contributed by atoms with E-state index < -0.39 is 4.92 Å². The number of nitro benzene ring substituents is 1. The van der Waals surface area contributed by atoms with Gasteiger partial charge >= 0.3 is 0 Å². The Kier molecular flexibility index (Phi) is 5.78. The fraction of sp³-hybridized carbons (Fsp3) is 0.158. The van der Waals surface area contributed by atoms with Crippen LogP contribution in [0.1, 0.15) is 12.0 Å². The first-order chi connectivity index (χ1) is 13.1. The highest BCUT2D eigenvalue weighted by atomic mass is 16.6.